The van der Waals surface area contributed by atoms with Crippen LogP contribution in [0.25, 0.3) is 0 Å². The topological polar surface area (TPSA) is 59.6 Å². The van der Waals surface area contributed by atoms with E-state index in [9.17, 15) is 9.18 Å². The minimum absolute atomic E-state index is 0.0280. The summed E-state index contributed by atoms with van der Waals surface area (Å²) < 4.78 is 13.0. The Morgan fingerprint density at radius 2 is 1.58 bits per heavy atom. The number of nitrogens with zero attached hydrogens (tertiary/aromatic N) is 2. The van der Waals surface area contributed by atoms with Crippen LogP contribution in [0, 0.1) is 11.7 Å². The van der Waals surface area contributed by atoms with Crippen LogP contribution in [0.4, 0.5) is 20.6 Å². The molecule has 0 aromatic heterocycles. The summed E-state index contributed by atoms with van der Waals surface area (Å²) in [5.74, 6) is 0.289. The molecule has 0 aliphatic carbocycles. The van der Waals surface area contributed by atoms with E-state index < -0.39 is 0 Å². The van der Waals surface area contributed by atoms with E-state index in [0.717, 1.165) is 76.6 Å². The van der Waals surface area contributed by atoms with Crippen molar-refractivity contribution in [2.45, 2.75) is 19.4 Å². The van der Waals surface area contributed by atoms with Gasteiger partial charge in [-0.1, -0.05) is 12.1 Å². The van der Waals surface area contributed by atoms with Crippen LogP contribution >= 0.6 is 0 Å². The fourth-order valence-electron chi connectivity index (χ4n) is 4.19. The fourth-order valence-corrected chi connectivity index (χ4v) is 4.19. The first kappa shape index (κ1) is 21.6. The second-order valence-electron chi connectivity index (χ2n) is 8.47. The predicted octanol–water partition coefficient (Wildman–Crippen LogP) is 3.59. The lowest BCUT2D eigenvalue weighted by molar-refractivity contribution is 0.185. The molecule has 2 aromatic rings. The maximum Gasteiger partial charge on any atom is 0.321 e. The normalized spacial score (nSPS) is 18.0. The van der Waals surface area contributed by atoms with Gasteiger partial charge in [-0.25, -0.2) is 9.18 Å². The number of anilines is 2. The SMILES string of the molecule is O=C(Nc1ccc(CN2CCNCC2)cc1)N1CCC(CNc2ccc(F)cc2)CC1. The molecular formula is C24H32FN5O. The van der Waals surface area contributed by atoms with Gasteiger partial charge in [0.25, 0.3) is 0 Å². The van der Waals surface area contributed by atoms with Crippen molar-refractivity contribution in [3.63, 3.8) is 0 Å². The molecule has 2 aliphatic rings. The van der Waals surface area contributed by atoms with Gasteiger partial charge < -0.3 is 20.9 Å². The molecule has 3 N–H and O–H groups in total. The van der Waals surface area contributed by atoms with Gasteiger partial charge in [-0.05, 0) is 60.7 Å². The van der Waals surface area contributed by atoms with Crippen molar-refractivity contribution in [1.29, 1.82) is 0 Å². The van der Waals surface area contributed by atoms with Crippen molar-refractivity contribution < 1.29 is 9.18 Å². The zero-order valence-corrected chi connectivity index (χ0v) is 17.9. The highest BCUT2D eigenvalue weighted by molar-refractivity contribution is 5.89. The van der Waals surface area contributed by atoms with Crippen molar-refractivity contribution in [3.05, 3.63) is 59.9 Å². The summed E-state index contributed by atoms with van der Waals surface area (Å²) in [7, 11) is 0. The largest absolute Gasteiger partial charge is 0.385 e. The van der Waals surface area contributed by atoms with Gasteiger partial charge in [-0.2, -0.15) is 0 Å². The third-order valence-corrected chi connectivity index (χ3v) is 6.16. The van der Waals surface area contributed by atoms with Crippen molar-refractivity contribution >= 4 is 17.4 Å². The Morgan fingerprint density at radius 3 is 2.26 bits per heavy atom. The van der Waals surface area contributed by atoms with Gasteiger partial charge in [0.1, 0.15) is 5.82 Å². The Labute approximate surface area is 183 Å². The van der Waals surface area contributed by atoms with Crippen molar-refractivity contribution in [2.24, 2.45) is 5.92 Å². The molecule has 2 fully saturated rings. The summed E-state index contributed by atoms with van der Waals surface area (Å²) >= 11 is 0. The second-order valence-corrected chi connectivity index (χ2v) is 8.47. The van der Waals surface area contributed by atoms with Crippen LogP contribution in [0.5, 0.6) is 0 Å². The van der Waals surface area contributed by atoms with Crippen LogP contribution in [0.3, 0.4) is 0 Å². The lowest BCUT2D eigenvalue weighted by Crippen LogP contribution is -2.42. The molecule has 4 rings (SSSR count). The number of amides is 2. The van der Waals surface area contributed by atoms with Gasteiger partial charge in [0, 0.05) is 63.7 Å². The molecule has 0 spiro atoms. The van der Waals surface area contributed by atoms with Crippen LogP contribution in [0.2, 0.25) is 0 Å². The quantitative estimate of drug-likeness (QED) is 0.662. The summed E-state index contributed by atoms with van der Waals surface area (Å²) in [5, 5.41) is 9.77. The monoisotopic (exact) mass is 425 g/mol. The number of carbonyl (C=O) groups excluding carboxylic acids is 1. The molecule has 7 heteroatoms. The molecule has 6 nitrogen and oxygen atoms in total. The second kappa shape index (κ2) is 10.6. The van der Waals surface area contributed by atoms with Crippen LogP contribution in [0.15, 0.2) is 48.5 Å². The Bertz CT molecular complexity index is 828. The fraction of sp³-hybridized carbons (Fsp3) is 0.458. The van der Waals surface area contributed by atoms with Gasteiger partial charge in [0.15, 0.2) is 0 Å². The van der Waals surface area contributed by atoms with Crippen LogP contribution < -0.4 is 16.0 Å². The zero-order valence-electron chi connectivity index (χ0n) is 17.9. The van der Waals surface area contributed by atoms with Gasteiger partial charge in [-0.3, -0.25) is 4.90 Å². The molecular weight excluding hydrogens is 393 g/mol. The minimum atomic E-state index is -0.223. The zero-order chi connectivity index (χ0) is 21.5. The van der Waals surface area contributed by atoms with E-state index in [1.807, 2.05) is 17.0 Å². The Balaban J connectivity index is 1.18. The van der Waals surface area contributed by atoms with Gasteiger partial charge in [0.2, 0.25) is 0 Å². The molecule has 166 valence electrons. The van der Waals surface area contributed by atoms with Crippen molar-refractivity contribution in [3.8, 4) is 0 Å². The number of piperidine rings is 1. The number of hydrogen-bond donors (Lipinski definition) is 3. The Morgan fingerprint density at radius 1 is 0.935 bits per heavy atom. The summed E-state index contributed by atoms with van der Waals surface area (Å²) in [6, 6.07) is 14.6. The first-order valence-electron chi connectivity index (χ1n) is 11.2. The first-order chi connectivity index (χ1) is 15.2. The first-order valence-corrected chi connectivity index (χ1v) is 11.2. The molecule has 2 heterocycles. The third-order valence-electron chi connectivity index (χ3n) is 6.16. The molecule has 2 aromatic carbocycles. The number of rotatable bonds is 6. The van der Waals surface area contributed by atoms with E-state index in [2.05, 4.69) is 33.0 Å². The van der Waals surface area contributed by atoms with E-state index in [1.54, 1.807) is 12.1 Å². The highest BCUT2D eigenvalue weighted by Crippen LogP contribution is 2.20. The highest BCUT2D eigenvalue weighted by Gasteiger charge is 2.22. The van der Waals surface area contributed by atoms with Crippen LogP contribution in [-0.4, -0.2) is 61.6 Å². The van der Waals surface area contributed by atoms with Gasteiger partial charge in [-0.15, -0.1) is 0 Å². The minimum Gasteiger partial charge on any atom is -0.385 e. The molecule has 0 saturated carbocycles. The lowest BCUT2D eigenvalue weighted by atomic mass is 9.97. The number of nitrogens with one attached hydrogen (secondary N) is 3. The molecule has 2 amide bonds. The summed E-state index contributed by atoms with van der Waals surface area (Å²) in [6.45, 7) is 7.55. The highest BCUT2D eigenvalue weighted by atomic mass is 19.1. The summed E-state index contributed by atoms with van der Waals surface area (Å²) in [6.07, 6.45) is 1.93. The van der Waals surface area contributed by atoms with E-state index in [4.69, 9.17) is 0 Å². The van der Waals surface area contributed by atoms with Gasteiger partial charge in [0.05, 0.1) is 0 Å². The molecule has 31 heavy (non-hydrogen) atoms. The van der Waals surface area contributed by atoms with Crippen LogP contribution in [-0.2, 0) is 6.54 Å². The van der Waals surface area contributed by atoms with Crippen molar-refractivity contribution in [1.82, 2.24) is 15.1 Å². The summed E-state index contributed by atoms with van der Waals surface area (Å²) in [4.78, 5) is 17.0. The number of benzene rings is 2. The molecule has 2 saturated heterocycles. The van der Waals surface area contributed by atoms with E-state index in [0.29, 0.717) is 5.92 Å². The number of urea groups is 1. The number of hydrogen-bond acceptors (Lipinski definition) is 4. The third kappa shape index (κ3) is 6.42. The number of likely N-dealkylation sites (tertiary alicyclic amines) is 1. The molecule has 0 unspecified atom stereocenters. The Hall–Kier alpha value is -2.64. The number of piperazine rings is 1. The standard InChI is InChI=1S/C24H32FN5O/c25-21-3-7-22(8-4-21)27-17-19-9-13-30(14-10-19)24(31)28-23-5-1-20(2-6-23)18-29-15-11-26-12-16-29/h1-8,19,26-27H,9-18H2,(H,28,31). The molecule has 2 aliphatic heterocycles. The maximum atomic E-state index is 13.0. The van der Waals surface area contributed by atoms with E-state index in [-0.39, 0.29) is 11.8 Å². The van der Waals surface area contributed by atoms with Crippen molar-refractivity contribution in [2.75, 3.05) is 56.4 Å². The summed E-state index contributed by atoms with van der Waals surface area (Å²) in [5.41, 5.74) is 3.05. The molecule has 0 atom stereocenters. The average Bonchev–Trinajstić information content (AvgIpc) is 2.81. The molecule has 0 radical (unpaired) electrons. The predicted molar refractivity (Wildman–Crippen MR) is 123 cm³/mol. The maximum absolute atomic E-state index is 13.0. The number of halogens is 1. The van der Waals surface area contributed by atoms with E-state index in [1.165, 1.54) is 17.7 Å². The lowest BCUT2D eigenvalue weighted by Gasteiger charge is -2.32. The van der Waals surface area contributed by atoms with Crippen LogP contribution in [0.1, 0.15) is 18.4 Å². The average molecular weight is 426 g/mol. The smallest absolute Gasteiger partial charge is 0.321 e. The van der Waals surface area contributed by atoms with Gasteiger partial charge >= 0.3 is 6.03 Å². The molecule has 0 bridgehead atoms. The Kier molecular flexibility index (Phi) is 7.38. The number of carbonyl (C=O) groups is 1. The van der Waals surface area contributed by atoms with E-state index >= 15 is 0 Å².